The number of anilines is 2. The van der Waals surface area contributed by atoms with Crippen molar-refractivity contribution in [2.75, 3.05) is 17.2 Å². The summed E-state index contributed by atoms with van der Waals surface area (Å²) in [6, 6.07) is 4.47. The average molecular weight is 262 g/mol. The van der Waals surface area contributed by atoms with Gasteiger partial charge in [0.05, 0.1) is 16.9 Å². The van der Waals surface area contributed by atoms with E-state index in [0.717, 1.165) is 6.42 Å². The summed E-state index contributed by atoms with van der Waals surface area (Å²) in [6.45, 7) is 4.46. The molecule has 3 N–H and O–H groups in total. The summed E-state index contributed by atoms with van der Waals surface area (Å²) in [4.78, 5) is 24.8. The molecule has 5 nitrogen and oxygen atoms in total. The van der Waals surface area contributed by atoms with Crippen LogP contribution in [0.3, 0.4) is 0 Å². The van der Waals surface area contributed by atoms with Crippen LogP contribution in [0.5, 0.6) is 0 Å². The number of nitrogens with zero attached hydrogens (tertiary/aromatic N) is 1. The molecule has 2 atom stereocenters. The van der Waals surface area contributed by atoms with E-state index >= 15 is 0 Å². The van der Waals surface area contributed by atoms with E-state index < -0.39 is 5.97 Å². The third-order valence-electron chi connectivity index (χ3n) is 3.57. The molecular weight excluding hydrogens is 244 g/mol. The first-order valence-corrected chi connectivity index (χ1v) is 6.39. The Bertz CT molecular complexity index is 527. The van der Waals surface area contributed by atoms with Gasteiger partial charge in [-0.15, -0.1) is 0 Å². The third kappa shape index (κ3) is 2.54. The van der Waals surface area contributed by atoms with E-state index in [1.165, 1.54) is 12.1 Å². The fourth-order valence-electron chi connectivity index (χ4n) is 2.24. The predicted molar refractivity (Wildman–Crippen MR) is 73.1 cm³/mol. The average Bonchev–Trinajstić information content (AvgIpc) is 3.08. The second kappa shape index (κ2) is 4.91. The van der Waals surface area contributed by atoms with Gasteiger partial charge in [-0.05, 0) is 37.5 Å². The van der Waals surface area contributed by atoms with Crippen LogP contribution in [0.1, 0.15) is 30.6 Å². The number of carboxylic acid groups (broad SMARTS) is 1. The number of carboxylic acids is 1. The Morgan fingerprint density at radius 2 is 2.11 bits per heavy atom. The van der Waals surface area contributed by atoms with Gasteiger partial charge in [0.2, 0.25) is 5.91 Å². The van der Waals surface area contributed by atoms with E-state index in [1.807, 2.05) is 13.8 Å². The highest BCUT2D eigenvalue weighted by Gasteiger charge is 2.41. The lowest BCUT2D eigenvalue weighted by Crippen LogP contribution is -2.33. The normalized spacial score (nSPS) is 20.9. The van der Waals surface area contributed by atoms with Gasteiger partial charge in [-0.3, -0.25) is 4.79 Å². The number of hydrogen-bond acceptors (Lipinski definition) is 3. The molecule has 5 heteroatoms. The van der Waals surface area contributed by atoms with Crippen molar-refractivity contribution in [3.63, 3.8) is 0 Å². The Morgan fingerprint density at radius 3 is 2.53 bits per heavy atom. The third-order valence-corrected chi connectivity index (χ3v) is 3.57. The van der Waals surface area contributed by atoms with E-state index in [-0.39, 0.29) is 17.4 Å². The Morgan fingerprint density at radius 1 is 1.47 bits per heavy atom. The Kier molecular flexibility index (Phi) is 3.46. The van der Waals surface area contributed by atoms with Gasteiger partial charge in [-0.1, -0.05) is 6.92 Å². The molecule has 1 aromatic rings. The van der Waals surface area contributed by atoms with Crippen LogP contribution in [-0.4, -0.2) is 23.5 Å². The maximum Gasteiger partial charge on any atom is 0.335 e. The number of aromatic carboxylic acids is 1. The van der Waals surface area contributed by atoms with E-state index in [4.69, 9.17) is 10.8 Å². The molecule has 1 aromatic carbocycles. The summed E-state index contributed by atoms with van der Waals surface area (Å²) >= 11 is 0. The molecule has 0 radical (unpaired) electrons. The summed E-state index contributed by atoms with van der Waals surface area (Å²) in [5.41, 5.74) is 6.92. The van der Waals surface area contributed by atoms with Crippen LogP contribution in [-0.2, 0) is 4.79 Å². The Balaban J connectivity index is 2.28. The fourth-order valence-corrected chi connectivity index (χ4v) is 2.24. The quantitative estimate of drug-likeness (QED) is 0.813. The molecule has 102 valence electrons. The van der Waals surface area contributed by atoms with Crippen molar-refractivity contribution in [1.82, 2.24) is 0 Å². The van der Waals surface area contributed by atoms with Crippen molar-refractivity contribution in [3.8, 4) is 0 Å². The summed E-state index contributed by atoms with van der Waals surface area (Å²) in [6.07, 6.45) is 0.919. The van der Waals surface area contributed by atoms with Crippen LogP contribution in [0.25, 0.3) is 0 Å². The first-order chi connectivity index (χ1) is 8.95. The number of carbonyl (C=O) groups is 2. The monoisotopic (exact) mass is 262 g/mol. The number of benzene rings is 1. The standard InChI is InChI=1S/C14H18N2O3/c1-3-16(13(17)10-6-8(10)2)12-5-4-9(14(18)19)7-11(12)15/h4-5,7-8,10H,3,6,15H2,1-2H3,(H,18,19). The van der Waals surface area contributed by atoms with Crippen molar-refractivity contribution in [1.29, 1.82) is 0 Å². The van der Waals surface area contributed by atoms with Gasteiger partial charge in [-0.25, -0.2) is 4.79 Å². The van der Waals surface area contributed by atoms with Crippen LogP contribution in [0.2, 0.25) is 0 Å². The van der Waals surface area contributed by atoms with Crippen LogP contribution in [0, 0.1) is 11.8 Å². The van der Waals surface area contributed by atoms with E-state index in [9.17, 15) is 9.59 Å². The molecule has 0 saturated heterocycles. The lowest BCUT2D eigenvalue weighted by Gasteiger charge is -2.23. The van der Waals surface area contributed by atoms with Gasteiger partial charge in [0.15, 0.2) is 0 Å². The zero-order valence-corrected chi connectivity index (χ0v) is 11.1. The van der Waals surface area contributed by atoms with Gasteiger partial charge in [-0.2, -0.15) is 0 Å². The molecule has 1 fully saturated rings. The molecule has 1 amide bonds. The maximum atomic E-state index is 12.3. The van der Waals surface area contributed by atoms with Crippen LogP contribution in [0.15, 0.2) is 18.2 Å². The molecular formula is C14H18N2O3. The molecule has 19 heavy (non-hydrogen) atoms. The van der Waals surface area contributed by atoms with Crippen molar-refractivity contribution in [3.05, 3.63) is 23.8 Å². The van der Waals surface area contributed by atoms with Crippen molar-refractivity contribution in [2.45, 2.75) is 20.3 Å². The Labute approximate surface area is 112 Å². The minimum absolute atomic E-state index is 0.0739. The number of amides is 1. The van der Waals surface area contributed by atoms with Crippen LogP contribution < -0.4 is 10.6 Å². The number of hydrogen-bond donors (Lipinski definition) is 2. The number of rotatable bonds is 4. The van der Waals surface area contributed by atoms with E-state index in [0.29, 0.717) is 23.8 Å². The first-order valence-electron chi connectivity index (χ1n) is 6.39. The molecule has 2 unspecified atom stereocenters. The second-order valence-corrected chi connectivity index (χ2v) is 4.98. The molecule has 0 aromatic heterocycles. The molecule has 2 rings (SSSR count). The van der Waals surface area contributed by atoms with Crippen molar-refractivity contribution < 1.29 is 14.7 Å². The molecule has 1 aliphatic rings. The predicted octanol–water partition coefficient (Wildman–Crippen LogP) is 1.98. The second-order valence-electron chi connectivity index (χ2n) is 4.98. The van der Waals surface area contributed by atoms with Gasteiger partial charge < -0.3 is 15.7 Å². The highest BCUT2D eigenvalue weighted by atomic mass is 16.4. The number of nitrogen functional groups attached to an aromatic ring is 1. The minimum atomic E-state index is -1.02. The SMILES string of the molecule is CCN(C(=O)C1CC1C)c1ccc(C(=O)O)cc1N. The molecule has 0 bridgehead atoms. The fraction of sp³-hybridized carbons (Fsp3) is 0.429. The summed E-state index contributed by atoms with van der Waals surface area (Å²) in [7, 11) is 0. The first kappa shape index (κ1) is 13.4. The lowest BCUT2D eigenvalue weighted by atomic mass is 10.1. The molecule has 0 aliphatic heterocycles. The largest absolute Gasteiger partial charge is 0.478 e. The highest BCUT2D eigenvalue weighted by Crippen LogP contribution is 2.40. The summed E-state index contributed by atoms with van der Waals surface area (Å²) in [5.74, 6) is -0.437. The van der Waals surface area contributed by atoms with E-state index in [2.05, 4.69) is 0 Å². The zero-order valence-electron chi connectivity index (χ0n) is 11.1. The Hall–Kier alpha value is -2.04. The van der Waals surface area contributed by atoms with Gasteiger partial charge in [0, 0.05) is 12.5 Å². The maximum absolute atomic E-state index is 12.3. The lowest BCUT2D eigenvalue weighted by molar-refractivity contribution is -0.120. The number of nitrogens with two attached hydrogens (primary N) is 1. The van der Waals surface area contributed by atoms with Gasteiger partial charge in [0.1, 0.15) is 0 Å². The zero-order chi connectivity index (χ0) is 14.2. The molecule has 0 spiro atoms. The number of carbonyl (C=O) groups excluding carboxylic acids is 1. The van der Waals surface area contributed by atoms with Crippen molar-refractivity contribution >= 4 is 23.3 Å². The van der Waals surface area contributed by atoms with E-state index in [1.54, 1.807) is 11.0 Å². The minimum Gasteiger partial charge on any atom is -0.478 e. The smallest absolute Gasteiger partial charge is 0.335 e. The molecule has 1 saturated carbocycles. The van der Waals surface area contributed by atoms with Crippen LogP contribution >= 0.6 is 0 Å². The van der Waals surface area contributed by atoms with Crippen molar-refractivity contribution in [2.24, 2.45) is 11.8 Å². The topological polar surface area (TPSA) is 83.6 Å². The van der Waals surface area contributed by atoms with Crippen LogP contribution in [0.4, 0.5) is 11.4 Å². The summed E-state index contributed by atoms with van der Waals surface area (Å²) in [5, 5.41) is 8.90. The van der Waals surface area contributed by atoms with Gasteiger partial charge in [0.25, 0.3) is 0 Å². The summed E-state index contributed by atoms with van der Waals surface area (Å²) < 4.78 is 0. The molecule has 1 aliphatic carbocycles. The highest BCUT2D eigenvalue weighted by molar-refractivity contribution is 6.00. The molecule has 0 heterocycles. The van der Waals surface area contributed by atoms with Gasteiger partial charge >= 0.3 is 5.97 Å².